The SMILES string of the molecule is C[C@H](C#Cc1ccccc1)[C@@]1(C)C(=O)N(C(=O)OC(C)(C)C)c2ccccc21. The fraction of sp³-hybridized carbons (Fsp3) is 0.333. The average molecular weight is 375 g/mol. The molecule has 0 unspecified atom stereocenters. The van der Waals surface area contributed by atoms with Gasteiger partial charge in [-0.05, 0) is 51.5 Å². The monoisotopic (exact) mass is 375 g/mol. The first-order valence-electron chi connectivity index (χ1n) is 9.38. The maximum Gasteiger partial charge on any atom is 0.421 e. The molecule has 2 aromatic carbocycles. The number of rotatable bonds is 1. The summed E-state index contributed by atoms with van der Waals surface area (Å²) in [7, 11) is 0. The Hall–Kier alpha value is -3.06. The molecule has 4 heteroatoms. The molecule has 2 amide bonds. The highest BCUT2D eigenvalue weighted by molar-refractivity contribution is 6.21. The van der Waals surface area contributed by atoms with Crippen LogP contribution in [0.1, 0.15) is 45.7 Å². The molecule has 144 valence electrons. The number of para-hydroxylation sites is 1. The van der Waals surface area contributed by atoms with Gasteiger partial charge in [0, 0.05) is 11.5 Å². The number of hydrogen-bond acceptors (Lipinski definition) is 3. The van der Waals surface area contributed by atoms with Crippen LogP contribution in [0.5, 0.6) is 0 Å². The van der Waals surface area contributed by atoms with E-state index >= 15 is 0 Å². The minimum absolute atomic E-state index is 0.297. The third kappa shape index (κ3) is 3.53. The van der Waals surface area contributed by atoms with Gasteiger partial charge in [0.05, 0.1) is 11.1 Å². The zero-order chi connectivity index (χ0) is 20.5. The van der Waals surface area contributed by atoms with Crippen molar-refractivity contribution in [3.8, 4) is 11.8 Å². The molecule has 3 rings (SSSR count). The van der Waals surface area contributed by atoms with E-state index in [-0.39, 0.29) is 11.8 Å². The minimum atomic E-state index is -0.935. The summed E-state index contributed by atoms with van der Waals surface area (Å²) >= 11 is 0. The van der Waals surface area contributed by atoms with Gasteiger partial charge in [0.15, 0.2) is 0 Å². The predicted octanol–water partition coefficient (Wildman–Crippen LogP) is 4.91. The van der Waals surface area contributed by atoms with Crippen molar-refractivity contribution in [3.63, 3.8) is 0 Å². The Labute approximate surface area is 166 Å². The highest BCUT2D eigenvalue weighted by atomic mass is 16.6. The molecule has 0 N–H and O–H groups in total. The first kappa shape index (κ1) is 19.7. The highest BCUT2D eigenvalue weighted by Gasteiger charge is 2.53. The fourth-order valence-electron chi connectivity index (χ4n) is 3.33. The van der Waals surface area contributed by atoms with E-state index < -0.39 is 17.1 Å². The molecule has 0 aliphatic carbocycles. The number of carbonyl (C=O) groups is 2. The molecular weight excluding hydrogens is 350 g/mol. The Kier molecular flexibility index (Phi) is 5.04. The van der Waals surface area contributed by atoms with E-state index in [4.69, 9.17) is 4.74 Å². The quantitative estimate of drug-likeness (QED) is 0.665. The standard InChI is InChI=1S/C24H25NO3/c1-17(15-16-18-11-7-6-8-12-18)24(5)19-13-9-10-14-20(19)25(21(24)26)22(27)28-23(2,3)4/h6-14,17H,1-5H3/t17-,24-/m1/s1. The second-order valence-electron chi connectivity index (χ2n) is 8.20. The minimum Gasteiger partial charge on any atom is -0.443 e. The summed E-state index contributed by atoms with van der Waals surface area (Å²) in [6.45, 7) is 9.12. The number of imide groups is 1. The van der Waals surface area contributed by atoms with E-state index in [9.17, 15) is 9.59 Å². The first-order valence-corrected chi connectivity index (χ1v) is 9.38. The van der Waals surface area contributed by atoms with Gasteiger partial charge in [0.1, 0.15) is 5.60 Å². The van der Waals surface area contributed by atoms with Crippen molar-refractivity contribution in [2.24, 2.45) is 5.92 Å². The maximum absolute atomic E-state index is 13.4. The summed E-state index contributed by atoms with van der Waals surface area (Å²) < 4.78 is 5.48. The van der Waals surface area contributed by atoms with Crippen LogP contribution in [0.2, 0.25) is 0 Å². The van der Waals surface area contributed by atoms with Gasteiger partial charge < -0.3 is 4.74 Å². The average Bonchev–Trinajstić information content (AvgIpc) is 2.88. The molecule has 28 heavy (non-hydrogen) atoms. The number of fused-ring (bicyclic) bond motifs is 1. The number of benzene rings is 2. The largest absolute Gasteiger partial charge is 0.443 e. The summed E-state index contributed by atoms with van der Waals surface area (Å²) in [5.41, 5.74) is 0.623. The van der Waals surface area contributed by atoms with Crippen molar-refractivity contribution in [2.45, 2.75) is 45.6 Å². The van der Waals surface area contributed by atoms with Gasteiger partial charge in [0.2, 0.25) is 5.91 Å². The molecule has 4 nitrogen and oxygen atoms in total. The molecule has 1 aliphatic heterocycles. The van der Waals surface area contributed by atoms with Crippen LogP contribution in [0.4, 0.5) is 10.5 Å². The van der Waals surface area contributed by atoms with Gasteiger partial charge in [-0.2, -0.15) is 0 Å². The van der Waals surface area contributed by atoms with E-state index in [1.165, 1.54) is 0 Å². The molecule has 1 aliphatic rings. The summed E-state index contributed by atoms with van der Waals surface area (Å²) in [5.74, 6) is 5.75. The number of amides is 2. The molecule has 0 radical (unpaired) electrons. The lowest BCUT2D eigenvalue weighted by molar-refractivity contribution is -0.123. The topological polar surface area (TPSA) is 46.6 Å². The van der Waals surface area contributed by atoms with Gasteiger partial charge in [0.25, 0.3) is 0 Å². The Morgan fingerprint density at radius 2 is 1.68 bits per heavy atom. The molecule has 2 aromatic rings. The van der Waals surface area contributed by atoms with Gasteiger partial charge in [-0.3, -0.25) is 4.79 Å². The number of hydrogen-bond donors (Lipinski definition) is 0. The third-order valence-electron chi connectivity index (χ3n) is 5.00. The fourth-order valence-corrected chi connectivity index (χ4v) is 3.33. The Balaban J connectivity index is 2.00. The van der Waals surface area contributed by atoms with Gasteiger partial charge >= 0.3 is 6.09 Å². The first-order chi connectivity index (χ1) is 13.1. The lowest BCUT2D eigenvalue weighted by Crippen LogP contribution is -2.46. The molecular formula is C24H25NO3. The molecule has 0 aromatic heterocycles. The highest BCUT2D eigenvalue weighted by Crippen LogP contribution is 2.46. The smallest absolute Gasteiger partial charge is 0.421 e. The van der Waals surface area contributed by atoms with Crippen molar-refractivity contribution >= 4 is 17.7 Å². The van der Waals surface area contributed by atoms with E-state index in [0.29, 0.717) is 5.69 Å². The third-order valence-corrected chi connectivity index (χ3v) is 5.00. The number of carbonyl (C=O) groups excluding carboxylic acids is 2. The van der Waals surface area contributed by atoms with Crippen molar-refractivity contribution in [1.82, 2.24) is 0 Å². The Bertz CT molecular complexity index is 963. The zero-order valence-corrected chi connectivity index (χ0v) is 16.9. The van der Waals surface area contributed by atoms with Crippen LogP contribution in [-0.4, -0.2) is 17.6 Å². The summed E-state index contributed by atoms with van der Waals surface area (Å²) in [6, 6.07) is 17.0. The zero-order valence-electron chi connectivity index (χ0n) is 16.9. The molecule has 0 bridgehead atoms. The van der Waals surface area contributed by atoms with Gasteiger partial charge in [-0.15, -0.1) is 0 Å². The summed E-state index contributed by atoms with van der Waals surface area (Å²) in [4.78, 5) is 27.3. The van der Waals surface area contributed by atoms with E-state index in [1.807, 2.05) is 62.4 Å². The van der Waals surface area contributed by atoms with Crippen LogP contribution in [0.25, 0.3) is 0 Å². The lowest BCUT2D eigenvalue weighted by atomic mass is 9.73. The van der Waals surface area contributed by atoms with Gasteiger partial charge in [-0.1, -0.05) is 55.2 Å². The maximum atomic E-state index is 13.4. The predicted molar refractivity (Wildman–Crippen MR) is 110 cm³/mol. The summed E-state index contributed by atoms with van der Waals surface area (Å²) in [6.07, 6.45) is -0.656. The van der Waals surface area contributed by atoms with Crippen LogP contribution in [0.3, 0.4) is 0 Å². The normalized spacial score (nSPS) is 19.5. The van der Waals surface area contributed by atoms with Crippen molar-refractivity contribution in [2.75, 3.05) is 4.90 Å². The van der Waals surface area contributed by atoms with E-state index in [1.54, 1.807) is 26.8 Å². The Morgan fingerprint density at radius 1 is 1.07 bits per heavy atom. The van der Waals surface area contributed by atoms with Crippen LogP contribution in [0.15, 0.2) is 54.6 Å². The molecule has 1 heterocycles. The van der Waals surface area contributed by atoms with Crippen molar-refractivity contribution in [1.29, 1.82) is 0 Å². The van der Waals surface area contributed by atoms with E-state index in [0.717, 1.165) is 16.0 Å². The lowest BCUT2D eigenvalue weighted by Gasteiger charge is -2.28. The van der Waals surface area contributed by atoms with E-state index in [2.05, 4.69) is 11.8 Å². The number of ether oxygens (including phenoxy) is 1. The second-order valence-corrected chi connectivity index (χ2v) is 8.20. The van der Waals surface area contributed by atoms with Crippen LogP contribution >= 0.6 is 0 Å². The second kappa shape index (κ2) is 7.16. The van der Waals surface area contributed by atoms with Crippen LogP contribution in [-0.2, 0) is 14.9 Å². The Morgan fingerprint density at radius 3 is 2.32 bits per heavy atom. The molecule has 0 spiro atoms. The molecule has 0 saturated heterocycles. The van der Waals surface area contributed by atoms with Crippen molar-refractivity contribution < 1.29 is 14.3 Å². The van der Waals surface area contributed by atoms with Crippen molar-refractivity contribution in [3.05, 3.63) is 65.7 Å². The summed E-state index contributed by atoms with van der Waals surface area (Å²) in [5, 5.41) is 0. The van der Waals surface area contributed by atoms with Crippen LogP contribution in [0, 0.1) is 17.8 Å². The molecule has 0 fully saturated rings. The number of nitrogens with zero attached hydrogens (tertiary/aromatic N) is 1. The molecule has 0 saturated carbocycles. The number of anilines is 1. The van der Waals surface area contributed by atoms with Crippen LogP contribution < -0.4 is 4.90 Å². The molecule has 2 atom stereocenters. The van der Waals surface area contributed by atoms with Gasteiger partial charge in [-0.25, -0.2) is 9.69 Å².